The number of nitrogens with two attached hydrogens (primary N) is 1. The first-order valence-corrected chi connectivity index (χ1v) is 7.24. The summed E-state index contributed by atoms with van der Waals surface area (Å²) in [6, 6.07) is 5.39. The standard InChI is InChI=1S/C16H27FN2O2/c1-12-9-14(5-6-15(12)17)16(10-18)19(7-8-20-3)13(2)11-21-4/h5-6,9,13,16H,7-8,10-11,18H2,1-4H3. The summed E-state index contributed by atoms with van der Waals surface area (Å²) in [5.74, 6) is -0.192. The molecule has 0 aliphatic heterocycles. The lowest BCUT2D eigenvalue weighted by Crippen LogP contribution is -2.44. The van der Waals surface area contributed by atoms with Gasteiger partial charge in [0.15, 0.2) is 0 Å². The Morgan fingerprint density at radius 1 is 1.29 bits per heavy atom. The predicted molar refractivity (Wildman–Crippen MR) is 82.9 cm³/mol. The zero-order valence-corrected chi connectivity index (χ0v) is 13.4. The Morgan fingerprint density at radius 2 is 2.00 bits per heavy atom. The van der Waals surface area contributed by atoms with Gasteiger partial charge in [-0.15, -0.1) is 0 Å². The van der Waals surface area contributed by atoms with E-state index in [-0.39, 0.29) is 17.9 Å². The monoisotopic (exact) mass is 298 g/mol. The number of hydrogen-bond donors (Lipinski definition) is 1. The van der Waals surface area contributed by atoms with Crippen molar-refractivity contribution in [3.8, 4) is 0 Å². The topological polar surface area (TPSA) is 47.7 Å². The fraction of sp³-hybridized carbons (Fsp3) is 0.625. The van der Waals surface area contributed by atoms with E-state index in [9.17, 15) is 4.39 Å². The van der Waals surface area contributed by atoms with Gasteiger partial charge in [0.25, 0.3) is 0 Å². The van der Waals surface area contributed by atoms with Crippen LogP contribution in [0.3, 0.4) is 0 Å². The number of benzene rings is 1. The van der Waals surface area contributed by atoms with E-state index in [0.717, 1.165) is 12.1 Å². The molecule has 120 valence electrons. The minimum absolute atomic E-state index is 0.0181. The van der Waals surface area contributed by atoms with E-state index < -0.39 is 0 Å². The normalized spacial score (nSPS) is 14.4. The van der Waals surface area contributed by atoms with Crippen LogP contribution in [-0.2, 0) is 9.47 Å². The summed E-state index contributed by atoms with van der Waals surface area (Å²) in [5, 5.41) is 0. The van der Waals surface area contributed by atoms with Crippen LogP contribution in [0.25, 0.3) is 0 Å². The third-order valence-electron chi connectivity index (χ3n) is 3.72. The first kappa shape index (κ1) is 18.0. The summed E-state index contributed by atoms with van der Waals surface area (Å²) in [6.07, 6.45) is 0. The Balaban J connectivity index is 3.00. The third-order valence-corrected chi connectivity index (χ3v) is 3.72. The van der Waals surface area contributed by atoms with Crippen LogP contribution in [0.2, 0.25) is 0 Å². The van der Waals surface area contributed by atoms with Crippen molar-refractivity contribution in [2.24, 2.45) is 5.73 Å². The number of methoxy groups -OCH3 is 2. The summed E-state index contributed by atoms with van der Waals surface area (Å²) < 4.78 is 23.9. The highest BCUT2D eigenvalue weighted by Gasteiger charge is 2.24. The SMILES string of the molecule is COCCN(C(C)COC)C(CN)c1ccc(F)c(C)c1. The molecule has 1 rings (SSSR count). The van der Waals surface area contributed by atoms with Gasteiger partial charge in [0.05, 0.1) is 13.2 Å². The molecule has 0 fully saturated rings. The van der Waals surface area contributed by atoms with Crippen molar-refractivity contribution in [2.45, 2.75) is 25.9 Å². The van der Waals surface area contributed by atoms with Crippen molar-refractivity contribution in [2.75, 3.05) is 40.5 Å². The maximum atomic E-state index is 13.5. The van der Waals surface area contributed by atoms with Crippen LogP contribution >= 0.6 is 0 Å². The first-order valence-electron chi connectivity index (χ1n) is 7.24. The zero-order chi connectivity index (χ0) is 15.8. The Hall–Kier alpha value is -1.01. The summed E-state index contributed by atoms with van der Waals surface area (Å²) in [5.41, 5.74) is 7.64. The van der Waals surface area contributed by atoms with E-state index in [1.54, 1.807) is 27.2 Å². The van der Waals surface area contributed by atoms with E-state index in [4.69, 9.17) is 15.2 Å². The van der Waals surface area contributed by atoms with Gasteiger partial charge in [-0.25, -0.2) is 4.39 Å². The second-order valence-electron chi connectivity index (χ2n) is 5.30. The number of ether oxygens (including phenoxy) is 2. The average Bonchev–Trinajstić information content (AvgIpc) is 2.47. The quantitative estimate of drug-likeness (QED) is 0.758. The van der Waals surface area contributed by atoms with Gasteiger partial charge < -0.3 is 15.2 Å². The summed E-state index contributed by atoms with van der Waals surface area (Å²) in [4.78, 5) is 2.25. The number of nitrogens with zero attached hydrogens (tertiary/aromatic N) is 1. The minimum atomic E-state index is -0.192. The van der Waals surface area contributed by atoms with Crippen molar-refractivity contribution in [1.29, 1.82) is 0 Å². The molecule has 4 nitrogen and oxygen atoms in total. The fourth-order valence-corrected chi connectivity index (χ4v) is 2.56. The van der Waals surface area contributed by atoms with Gasteiger partial charge in [-0.1, -0.05) is 12.1 Å². The molecule has 21 heavy (non-hydrogen) atoms. The molecule has 0 saturated carbocycles. The highest BCUT2D eigenvalue weighted by molar-refractivity contribution is 5.27. The molecule has 0 aliphatic rings. The largest absolute Gasteiger partial charge is 0.383 e. The molecule has 0 spiro atoms. The lowest BCUT2D eigenvalue weighted by atomic mass is 10.0. The van der Waals surface area contributed by atoms with E-state index in [0.29, 0.717) is 25.3 Å². The van der Waals surface area contributed by atoms with Crippen molar-refractivity contribution in [3.05, 3.63) is 35.1 Å². The second-order valence-corrected chi connectivity index (χ2v) is 5.30. The number of hydrogen-bond acceptors (Lipinski definition) is 4. The predicted octanol–water partition coefficient (Wildman–Crippen LogP) is 2.12. The minimum Gasteiger partial charge on any atom is -0.383 e. The van der Waals surface area contributed by atoms with Crippen LogP contribution in [0.1, 0.15) is 24.1 Å². The summed E-state index contributed by atoms with van der Waals surface area (Å²) in [6.45, 7) is 6.30. The van der Waals surface area contributed by atoms with E-state index >= 15 is 0 Å². The van der Waals surface area contributed by atoms with Crippen molar-refractivity contribution < 1.29 is 13.9 Å². The van der Waals surface area contributed by atoms with Crippen LogP contribution < -0.4 is 5.73 Å². The number of rotatable bonds is 9. The summed E-state index contributed by atoms with van der Waals surface area (Å²) >= 11 is 0. The van der Waals surface area contributed by atoms with Crippen molar-refractivity contribution >= 4 is 0 Å². The molecule has 0 bridgehead atoms. The smallest absolute Gasteiger partial charge is 0.126 e. The second kappa shape index (κ2) is 9.10. The van der Waals surface area contributed by atoms with Crippen LogP contribution in [0.4, 0.5) is 4.39 Å². The molecular weight excluding hydrogens is 271 g/mol. The Kier molecular flexibility index (Phi) is 7.82. The molecule has 1 aromatic rings. The molecule has 2 unspecified atom stereocenters. The van der Waals surface area contributed by atoms with Gasteiger partial charge in [-0.2, -0.15) is 0 Å². The highest BCUT2D eigenvalue weighted by Crippen LogP contribution is 2.24. The third kappa shape index (κ3) is 5.04. The molecule has 0 heterocycles. The maximum Gasteiger partial charge on any atom is 0.126 e. The Morgan fingerprint density at radius 3 is 2.52 bits per heavy atom. The molecule has 0 saturated heterocycles. The molecule has 2 N–H and O–H groups in total. The van der Waals surface area contributed by atoms with E-state index in [2.05, 4.69) is 11.8 Å². The Labute approximate surface area is 127 Å². The van der Waals surface area contributed by atoms with Gasteiger partial charge in [-0.3, -0.25) is 4.90 Å². The average molecular weight is 298 g/mol. The van der Waals surface area contributed by atoms with Gasteiger partial charge in [0, 0.05) is 39.4 Å². The molecule has 0 aliphatic carbocycles. The Bertz CT molecular complexity index is 429. The van der Waals surface area contributed by atoms with E-state index in [1.807, 2.05) is 6.07 Å². The lowest BCUT2D eigenvalue weighted by Gasteiger charge is -2.36. The van der Waals surface area contributed by atoms with Gasteiger partial charge in [0.2, 0.25) is 0 Å². The molecule has 5 heteroatoms. The van der Waals surface area contributed by atoms with E-state index in [1.165, 1.54) is 6.07 Å². The van der Waals surface area contributed by atoms with Gasteiger partial charge >= 0.3 is 0 Å². The van der Waals surface area contributed by atoms with Crippen LogP contribution in [0.5, 0.6) is 0 Å². The molecule has 2 atom stereocenters. The summed E-state index contributed by atoms with van der Waals surface area (Å²) in [7, 11) is 3.36. The maximum absolute atomic E-state index is 13.5. The van der Waals surface area contributed by atoms with Crippen LogP contribution in [0.15, 0.2) is 18.2 Å². The number of halogens is 1. The molecule has 0 amide bonds. The zero-order valence-electron chi connectivity index (χ0n) is 13.4. The number of aryl methyl sites for hydroxylation is 1. The van der Waals surface area contributed by atoms with Crippen LogP contribution in [0, 0.1) is 12.7 Å². The first-order chi connectivity index (χ1) is 10.0. The van der Waals surface area contributed by atoms with Crippen molar-refractivity contribution in [3.63, 3.8) is 0 Å². The highest BCUT2D eigenvalue weighted by atomic mass is 19.1. The molecule has 1 aromatic carbocycles. The molecule has 0 aromatic heterocycles. The van der Waals surface area contributed by atoms with Crippen molar-refractivity contribution in [1.82, 2.24) is 4.90 Å². The van der Waals surface area contributed by atoms with Gasteiger partial charge in [-0.05, 0) is 31.0 Å². The fourth-order valence-electron chi connectivity index (χ4n) is 2.56. The molecular formula is C16H27FN2O2. The van der Waals surface area contributed by atoms with Crippen LogP contribution in [-0.4, -0.2) is 51.5 Å². The van der Waals surface area contributed by atoms with Gasteiger partial charge in [0.1, 0.15) is 5.82 Å². The lowest BCUT2D eigenvalue weighted by molar-refractivity contribution is 0.0486. The molecule has 0 radical (unpaired) electrons.